The lowest BCUT2D eigenvalue weighted by atomic mass is 10.1. The normalized spacial score (nSPS) is 11.5. The molecule has 1 atom stereocenters. The van der Waals surface area contributed by atoms with E-state index in [4.69, 9.17) is 9.47 Å². The molecular formula is C13H17NO5. The Kier molecular flexibility index (Phi) is 5.17. The molecule has 0 fully saturated rings. The Balaban J connectivity index is 2.80. The van der Waals surface area contributed by atoms with E-state index in [-0.39, 0.29) is 17.9 Å². The van der Waals surface area contributed by atoms with Crippen molar-refractivity contribution in [3.05, 3.63) is 23.8 Å². The number of phenolic OH excluding ortho intramolecular Hbond substituents is 1. The quantitative estimate of drug-likeness (QED) is 0.780. The van der Waals surface area contributed by atoms with Crippen LogP contribution < -0.4 is 10.1 Å². The number of benzene rings is 1. The number of hydrogen-bond acceptors (Lipinski definition) is 5. The molecule has 0 spiro atoms. The first-order chi connectivity index (χ1) is 8.99. The average Bonchev–Trinajstić information content (AvgIpc) is 2.39. The number of carbonyl (C=O) groups is 2. The summed E-state index contributed by atoms with van der Waals surface area (Å²) >= 11 is 0. The number of carbonyl (C=O) groups excluding carboxylic acids is 2. The van der Waals surface area contributed by atoms with Gasteiger partial charge in [-0.1, -0.05) is 0 Å². The number of hydrogen-bond donors (Lipinski definition) is 2. The second-order valence-corrected chi connectivity index (χ2v) is 3.83. The third-order valence-electron chi connectivity index (χ3n) is 2.44. The monoisotopic (exact) mass is 267 g/mol. The van der Waals surface area contributed by atoms with Gasteiger partial charge in [0.05, 0.1) is 19.3 Å². The number of nitrogens with one attached hydrogen (secondary N) is 1. The van der Waals surface area contributed by atoms with E-state index in [1.54, 1.807) is 6.92 Å². The maximum absolute atomic E-state index is 11.9. The molecule has 0 aliphatic carbocycles. The molecule has 1 amide bonds. The zero-order valence-electron chi connectivity index (χ0n) is 11.1. The Bertz CT molecular complexity index is 472. The number of ether oxygens (including phenoxy) is 2. The molecule has 0 bridgehead atoms. The van der Waals surface area contributed by atoms with Crippen LogP contribution in [-0.2, 0) is 9.53 Å². The van der Waals surface area contributed by atoms with Crippen LogP contribution >= 0.6 is 0 Å². The standard InChI is InChI=1S/C13H17NO5/c1-4-19-13(17)8(2)14-12(16)10-7-9(18-3)5-6-11(10)15/h5-8,15H,4H2,1-3H3,(H,14,16). The fourth-order valence-electron chi connectivity index (χ4n) is 1.42. The van der Waals surface area contributed by atoms with E-state index in [0.29, 0.717) is 5.75 Å². The van der Waals surface area contributed by atoms with Gasteiger partial charge in [-0.25, -0.2) is 4.79 Å². The highest BCUT2D eigenvalue weighted by molar-refractivity contribution is 5.99. The molecule has 6 heteroatoms. The van der Waals surface area contributed by atoms with Crippen LogP contribution in [0.1, 0.15) is 24.2 Å². The Morgan fingerprint density at radius 1 is 1.42 bits per heavy atom. The van der Waals surface area contributed by atoms with Crippen molar-refractivity contribution in [3.63, 3.8) is 0 Å². The average molecular weight is 267 g/mol. The Hall–Kier alpha value is -2.24. The molecule has 1 rings (SSSR count). The van der Waals surface area contributed by atoms with Crippen molar-refractivity contribution in [1.82, 2.24) is 5.32 Å². The van der Waals surface area contributed by atoms with Gasteiger partial charge in [-0.05, 0) is 32.0 Å². The summed E-state index contributed by atoms with van der Waals surface area (Å²) in [5.41, 5.74) is 0.0375. The highest BCUT2D eigenvalue weighted by atomic mass is 16.5. The second-order valence-electron chi connectivity index (χ2n) is 3.83. The zero-order chi connectivity index (χ0) is 14.4. The topological polar surface area (TPSA) is 84.9 Å². The molecule has 1 unspecified atom stereocenters. The minimum atomic E-state index is -0.793. The molecule has 0 saturated carbocycles. The number of aromatic hydroxyl groups is 1. The van der Waals surface area contributed by atoms with E-state index in [9.17, 15) is 14.7 Å². The van der Waals surface area contributed by atoms with Crippen LogP contribution in [0.15, 0.2) is 18.2 Å². The smallest absolute Gasteiger partial charge is 0.328 e. The first-order valence-corrected chi connectivity index (χ1v) is 5.84. The molecule has 0 saturated heterocycles. The first kappa shape index (κ1) is 14.8. The molecule has 1 aromatic rings. The van der Waals surface area contributed by atoms with E-state index in [0.717, 1.165) is 0 Å². The maximum Gasteiger partial charge on any atom is 0.328 e. The molecule has 0 aromatic heterocycles. The summed E-state index contributed by atoms with van der Waals surface area (Å²) in [5.74, 6) is -0.851. The summed E-state index contributed by atoms with van der Waals surface area (Å²) in [6, 6.07) is 3.48. The molecular weight excluding hydrogens is 250 g/mol. The minimum Gasteiger partial charge on any atom is -0.507 e. The van der Waals surface area contributed by atoms with Crippen LogP contribution in [0.4, 0.5) is 0 Å². The zero-order valence-corrected chi connectivity index (χ0v) is 11.1. The Morgan fingerprint density at radius 2 is 2.11 bits per heavy atom. The van der Waals surface area contributed by atoms with Gasteiger partial charge in [0.15, 0.2) is 0 Å². The highest BCUT2D eigenvalue weighted by Gasteiger charge is 2.19. The fraction of sp³-hybridized carbons (Fsp3) is 0.385. The Labute approximate surface area is 111 Å². The van der Waals surface area contributed by atoms with E-state index >= 15 is 0 Å². The van der Waals surface area contributed by atoms with Crippen molar-refractivity contribution in [3.8, 4) is 11.5 Å². The van der Waals surface area contributed by atoms with E-state index in [2.05, 4.69) is 5.32 Å². The van der Waals surface area contributed by atoms with Crippen LogP contribution in [-0.4, -0.2) is 36.7 Å². The second kappa shape index (κ2) is 6.63. The predicted octanol–water partition coefficient (Wildman–Crippen LogP) is 1.08. The van der Waals surface area contributed by atoms with E-state index in [1.165, 1.54) is 32.2 Å². The minimum absolute atomic E-state index is 0.0375. The van der Waals surface area contributed by atoms with Gasteiger partial charge >= 0.3 is 5.97 Å². The highest BCUT2D eigenvalue weighted by Crippen LogP contribution is 2.22. The van der Waals surface area contributed by atoms with Crippen LogP contribution in [0.3, 0.4) is 0 Å². The van der Waals surface area contributed by atoms with Crippen LogP contribution in [0.5, 0.6) is 11.5 Å². The number of methoxy groups -OCH3 is 1. The lowest BCUT2D eigenvalue weighted by Crippen LogP contribution is -2.39. The number of phenols is 1. The third-order valence-corrected chi connectivity index (χ3v) is 2.44. The summed E-state index contributed by atoms with van der Waals surface area (Å²) in [4.78, 5) is 23.3. The van der Waals surface area contributed by atoms with Crippen LogP contribution in [0.25, 0.3) is 0 Å². The largest absolute Gasteiger partial charge is 0.507 e. The summed E-state index contributed by atoms with van der Waals surface area (Å²) in [6.45, 7) is 3.43. The number of rotatable bonds is 5. The SMILES string of the molecule is CCOC(=O)C(C)NC(=O)c1cc(OC)ccc1O. The number of amides is 1. The molecule has 1 aromatic carbocycles. The van der Waals surface area contributed by atoms with Gasteiger partial charge in [0.2, 0.25) is 0 Å². The van der Waals surface area contributed by atoms with Gasteiger partial charge in [-0.3, -0.25) is 4.79 Å². The van der Waals surface area contributed by atoms with Gasteiger partial charge in [0.25, 0.3) is 5.91 Å². The summed E-state index contributed by atoms with van der Waals surface area (Å²) < 4.78 is 9.74. The molecule has 104 valence electrons. The van der Waals surface area contributed by atoms with Gasteiger partial charge in [0, 0.05) is 0 Å². The van der Waals surface area contributed by atoms with E-state index in [1.807, 2.05) is 0 Å². The van der Waals surface area contributed by atoms with Crippen molar-refractivity contribution in [1.29, 1.82) is 0 Å². The van der Waals surface area contributed by atoms with Gasteiger partial charge < -0.3 is 19.9 Å². The lowest BCUT2D eigenvalue weighted by Gasteiger charge is -2.13. The van der Waals surface area contributed by atoms with Gasteiger partial charge in [-0.2, -0.15) is 0 Å². The van der Waals surface area contributed by atoms with Gasteiger partial charge in [-0.15, -0.1) is 0 Å². The lowest BCUT2D eigenvalue weighted by molar-refractivity contribution is -0.144. The molecule has 2 N–H and O–H groups in total. The van der Waals surface area contributed by atoms with Crippen molar-refractivity contribution in [2.24, 2.45) is 0 Å². The molecule has 0 heterocycles. The maximum atomic E-state index is 11.9. The van der Waals surface area contributed by atoms with Crippen molar-refractivity contribution < 1.29 is 24.2 Å². The summed E-state index contributed by atoms with van der Waals surface area (Å²) in [5, 5.41) is 12.1. The van der Waals surface area contributed by atoms with Crippen molar-refractivity contribution in [2.45, 2.75) is 19.9 Å². The third kappa shape index (κ3) is 3.87. The molecule has 6 nitrogen and oxygen atoms in total. The van der Waals surface area contributed by atoms with Crippen LogP contribution in [0, 0.1) is 0 Å². The number of esters is 1. The Morgan fingerprint density at radius 3 is 2.68 bits per heavy atom. The fourth-order valence-corrected chi connectivity index (χ4v) is 1.42. The van der Waals surface area contributed by atoms with Crippen LogP contribution in [0.2, 0.25) is 0 Å². The van der Waals surface area contributed by atoms with E-state index < -0.39 is 17.9 Å². The molecule has 0 aliphatic rings. The molecule has 0 radical (unpaired) electrons. The predicted molar refractivity (Wildman–Crippen MR) is 68.2 cm³/mol. The molecule has 19 heavy (non-hydrogen) atoms. The summed E-state index contributed by atoms with van der Waals surface area (Å²) in [6.07, 6.45) is 0. The van der Waals surface area contributed by atoms with Crippen molar-refractivity contribution in [2.75, 3.05) is 13.7 Å². The summed E-state index contributed by atoms with van der Waals surface area (Å²) in [7, 11) is 1.45. The van der Waals surface area contributed by atoms with Crippen molar-refractivity contribution >= 4 is 11.9 Å². The van der Waals surface area contributed by atoms with Gasteiger partial charge in [0.1, 0.15) is 17.5 Å². The molecule has 0 aliphatic heterocycles. The first-order valence-electron chi connectivity index (χ1n) is 5.84.